The summed E-state index contributed by atoms with van der Waals surface area (Å²) in [5, 5.41) is 0.526. The number of imide groups is 1. The number of carbonyl (C=O) groups excluding carboxylic acids is 3. The average Bonchev–Trinajstić information content (AvgIpc) is 3.37. The molecule has 0 saturated carbocycles. The summed E-state index contributed by atoms with van der Waals surface area (Å²) in [6.07, 6.45) is 1.75. The van der Waals surface area contributed by atoms with Crippen LogP contribution in [0.25, 0.3) is 22.8 Å². The van der Waals surface area contributed by atoms with Gasteiger partial charge in [0, 0.05) is 43.8 Å². The van der Waals surface area contributed by atoms with E-state index in [1.165, 1.54) is 12.1 Å². The first-order valence-electron chi connectivity index (χ1n) is 9.34. The van der Waals surface area contributed by atoms with Gasteiger partial charge < -0.3 is 14.2 Å². The van der Waals surface area contributed by atoms with Crippen molar-refractivity contribution in [2.24, 2.45) is 0 Å². The molecule has 2 amide bonds. The van der Waals surface area contributed by atoms with Crippen LogP contribution in [-0.4, -0.2) is 41.9 Å². The normalized spacial score (nSPS) is 13.6. The van der Waals surface area contributed by atoms with E-state index in [1.54, 1.807) is 18.3 Å². The highest BCUT2D eigenvalue weighted by Crippen LogP contribution is 2.27. The lowest BCUT2D eigenvalue weighted by Crippen LogP contribution is -2.32. The van der Waals surface area contributed by atoms with E-state index in [4.69, 9.17) is 9.25 Å². The van der Waals surface area contributed by atoms with Gasteiger partial charge in [0.25, 0.3) is 11.8 Å². The van der Waals surface area contributed by atoms with Crippen molar-refractivity contribution in [1.82, 2.24) is 10.0 Å². The predicted molar refractivity (Wildman–Crippen MR) is 108 cm³/mol. The van der Waals surface area contributed by atoms with Crippen molar-refractivity contribution in [3.8, 4) is 22.8 Å². The minimum absolute atomic E-state index is 0.0510. The van der Waals surface area contributed by atoms with E-state index in [0.717, 1.165) is 11.3 Å². The Morgan fingerprint density at radius 1 is 0.967 bits per heavy atom. The summed E-state index contributed by atoms with van der Waals surface area (Å²) in [5.74, 6) is -0.776. The molecule has 0 aliphatic carbocycles. The van der Waals surface area contributed by atoms with Crippen molar-refractivity contribution in [1.29, 1.82) is 0 Å². The van der Waals surface area contributed by atoms with E-state index in [0.29, 0.717) is 22.3 Å². The number of benzene rings is 2. The zero-order valence-corrected chi connectivity index (χ0v) is 16.5. The number of oxazole rings is 1. The third-order valence-electron chi connectivity index (χ3n) is 4.72. The van der Waals surface area contributed by atoms with E-state index in [-0.39, 0.29) is 18.4 Å². The second-order valence-corrected chi connectivity index (χ2v) is 7.01. The zero-order valence-electron chi connectivity index (χ0n) is 16.5. The molecule has 3 aromatic rings. The molecule has 0 atom stereocenters. The van der Waals surface area contributed by atoms with Crippen LogP contribution in [0.4, 0.5) is 5.69 Å². The fourth-order valence-electron chi connectivity index (χ4n) is 3.01. The third kappa shape index (κ3) is 3.80. The molecule has 1 fully saturated rings. The Labute approximate surface area is 172 Å². The van der Waals surface area contributed by atoms with E-state index < -0.39 is 17.8 Å². The van der Waals surface area contributed by atoms with Gasteiger partial charge in [0.05, 0.1) is 11.8 Å². The van der Waals surface area contributed by atoms with Gasteiger partial charge in [0.2, 0.25) is 5.89 Å². The van der Waals surface area contributed by atoms with Gasteiger partial charge in [-0.1, -0.05) is 0 Å². The number of carbonyl (C=O) groups is 3. The molecule has 0 radical (unpaired) electrons. The molecule has 0 bridgehead atoms. The minimum atomic E-state index is -0.778. The van der Waals surface area contributed by atoms with Gasteiger partial charge in [-0.3, -0.25) is 9.59 Å². The van der Waals surface area contributed by atoms with Crippen LogP contribution in [0.15, 0.2) is 59.1 Å². The number of aromatic nitrogens is 1. The van der Waals surface area contributed by atoms with Crippen molar-refractivity contribution < 1.29 is 23.6 Å². The highest BCUT2D eigenvalue weighted by atomic mass is 16.7. The molecule has 30 heavy (non-hydrogen) atoms. The summed E-state index contributed by atoms with van der Waals surface area (Å²) in [6.45, 7) is 0. The molecule has 0 unspecified atom stereocenters. The summed E-state index contributed by atoms with van der Waals surface area (Å²) in [6, 6.07) is 14.3. The Morgan fingerprint density at radius 2 is 1.57 bits per heavy atom. The fraction of sp³-hybridized carbons (Fsp3) is 0.182. The van der Waals surface area contributed by atoms with Gasteiger partial charge in [0.1, 0.15) is 0 Å². The molecule has 1 aliphatic rings. The fourth-order valence-corrected chi connectivity index (χ4v) is 3.01. The van der Waals surface area contributed by atoms with Crippen molar-refractivity contribution in [3.63, 3.8) is 0 Å². The summed E-state index contributed by atoms with van der Waals surface area (Å²) < 4.78 is 5.85. The number of hydrogen-bond acceptors (Lipinski definition) is 7. The molecule has 0 N–H and O–H groups in total. The van der Waals surface area contributed by atoms with Gasteiger partial charge in [-0.25, -0.2) is 9.78 Å². The summed E-state index contributed by atoms with van der Waals surface area (Å²) >= 11 is 0. The molecule has 4 rings (SSSR count). The molecular formula is C22H19N3O5. The van der Waals surface area contributed by atoms with Crippen molar-refractivity contribution >= 4 is 23.5 Å². The first-order valence-corrected chi connectivity index (χ1v) is 9.34. The number of nitrogens with zero attached hydrogens (tertiary/aromatic N) is 3. The van der Waals surface area contributed by atoms with Crippen LogP contribution in [0.1, 0.15) is 23.2 Å². The number of amides is 2. The zero-order chi connectivity index (χ0) is 21.3. The van der Waals surface area contributed by atoms with Crippen LogP contribution in [0, 0.1) is 0 Å². The Bertz CT molecular complexity index is 1080. The predicted octanol–water partition coefficient (Wildman–Crippen LogP) is 3.30. The molecule has 1 aromatic heterocycles. The highest BCUT2D eigenvalue weighted by Gasteiger charge is 2.33. The standard InChI is InChI=1S/C22H19N3O5/c1-24(2)17-9-7-14(8-10-17)18-13-23-21(29-18)15-3-5-16(6-4-15)22(28)30-25-19(26)11-12-20(25)27/h3-10,13H,11-12H2,1-2H3. The molecular weight excluding hydrogens is 386 g/mol. The Morgan fingerprint density at radius 3 is 2.17 bits per heavy atom. The molecule has 8 nitrogen and oxygen atoms in total. The lowest BCUT2D eigenvalue weighted by Gasteiger charge is -2.12. The van der Waals surface area contributed by atoms with Crippen LogP contribution >= 0.6 is 0 Å². The molecule has 152 valence electrons. The molecule has 0 spiro atoms. The quantitative estimate of drug-likeness (QED) is 0.601. The molecule has 2 heterocycles. The van der Waals surface area contributed by atoms with Gasteiger partial charge >= 0.3 is 5.97 Å². The SMILES string of the molecule is CN(C)c1ccc(-c2cnc(-c3ccc(C(=O)ON4C(=O)CCC4=O)cc3)o2)cc1. The lowest BCUT2D eigenvalue weighted by atomic mass is 10.1. The largest absolute Gasteiger partial charge is 0.436 e. The van der Waals surface area contributed by atoms with Crippen LogP contribution in [0.5, 0.6) is 0 Å². The van der Waals surface area contributed by atoms with E-state index in [2.05, 4.69) is 4.98 Å². The number of rotatable bonds is 5. The molecule has 1 aliphatic heterocycles. The maximum atomic E-state index is 12.2. The minimum Gasteiger partial charge on any atom is -0.436 e. The Kier molecular flexibility index (Phi) is 5.05. The first kappa shape index (κ1) is 19.4. The van der Waals surface area contributed by atoms with Gasteiger partial charge in [0.15, 0.2) is 5.76 Å². The molecule has 1 saturated heterocycles. The van der Waals surface area contributed by atoms with Crippen LogP contribution in [0.3, 0.4) is 0 Å². The number of anilines is 1. The van der Waals surface area contributed by atoms with Crippen LogP contribution < -0.4 is 4.90 Å². The lowest BCUT2D eigenvalue weighted by molar-refractivity contribution is -0.172. The second kappa shape index (κ2) is 7.82. The third-order valence-corrected chi connectivity index (χ3v) is 4.72. The Balaban J connectivity index is 1.47. The van der Waals surface area contributed by atoms with Gasteiger partial charge in [-0.15, -0.1) is 5.06 Å². The second-order valence-electron chi connectivity index (χ2n) is 7.01. The van der Waals surface area contributed by atoms with Crippen LogP contribution in [-0.2, 0) is 14.4 Å². The van der Waals surface area contributed by atoms with Crippen molar-refractivity contribution in [2.75, 3.05) is 19.0 Å². The van der Waals surface area contributed by atoms with E-state index >= 15 is 0 Å². The monoisotopic (exact) mass is 405 g/mol. The topological polar surface area (TPSA) is 93.0 Å². The van der Waals surface area contributed by atoms with Gasteiger partial charge in [-0.05, 0) is 48.5 Å². The smallest absolute Gasteiger partial charge is 0.363 e. The number of hydroxylamine groups is 2. The highest BCUT2D eigenvalue weighted by molar-refractivity contribution is 6.02. The summed E-state index contributed by atoms with van der Waals surface area (Å²) in [5.41, 5.74) is 2.87. The maximum Gasteiger partial charge on any atom is 0.363 e. The van der Waals surface area contributed by atoms with Gasteiger partial charge in [-0.2, -0.15) is 0 Å². The first-order chi connectivity index (χ1) is 14.4. The van der Waals surface area contributed by atoms with Crippen LogP contribution in [0.2, 0.25) is 0 Å². The summed E-state index contributed by atoms with van der Waals surface area (Å²) in [4.78, 5) is 46.6. The van der Waals surface area contributed by atoms with E-state index in [9.17, 15) is 14.4 Å². The Hall–Kier alpha value is -3.94. The summed E-state index contributed by atoms with van der Waals surface area (Å²) in [7, 11) is 3.95. The van der Waals surface area contributed by atoms with Crippen molar-refractivity contribution in [3.05, 3.63) is 60.3 Å². The maximum absolute atomic E-state index is 12.2. The number of hydrogen-bond donors (Lipinski definition) is 0. The van der Waals surface area contributed by atoms with Crippen molar-refractivity contribution in [2.45, 2.75) is 12.8 Å². The molecule has 8 heteroatoms. The molecule has 2 aromatic carbocycles. The van der Waals surface area contributed by atoms with E-state index in [1.807, 2.05) is 43.3 Å². The average molecular weight is 405 g/mol.